The monoisotopic (exact) mass is 536 g/mol. The number of halogens is 4. The van der Waals surface area contributed by atoms with Crippen LogP contribution < -0.4 is 10.1 Å². The highest BCUT2D eigenvalue weighted by atomic mass is 35.5. The van der Waals surface area contributed by atoms with Gasteiger partial charge in [0, 0.05) is 12.2 Å². The lowest BCUT2D eigenvalue weighted by atomic mass is 9.52. The van der Waals surface area contributed by atoms with Crippen LogP contribution in [0.3, 0.4) is 0 Å². The summed E-state index contributed by atoms with van der Waals surface area (Å²) in [4.78, 5) is 10.2. The minimum atomic E-state index is -4.61. The molecule has 200 valence electrons. The van der Waals surface area contributed by atoms with Gasteiger partial charge in [-0.2, -0.15) is 13.2 Å². The van der Waals surface area contributed by atoms with E-state index in [1.54, 1.807) is 7.11 Å². The van der Waals surface area contributed by atoms with Crippen LogP contribution in [0, 0.1) is 17.8 Å². The van der Waals surface area contributed by atoms with Crippen molar-refractivity contribution >= 4 is 23.2 Å². The summed E-state index contributed by atoms with van der Waals surface area (Å²) in [5.74, 6) is 2.96. The summed E-state index contributed by atoms with van der Waals surface area (Å²) in [6, 6.07) is 6.50. The lowest BCUT2D eigenvalue weighted by molar-refractivity contribution is -0.162. The van der Waals surface area contributed by atoms with E-state index in [9.17, 15) is 18.3 Å². The lowest BCUT2D eigenvalue weighted by Gasteiger charge is -2.61. The molecule has 2 unspecified atom stereocenters. The molecule has 6 nitrogen and oxygen atoms in total. The number of aliphatic hydroxyl groups is 1. The van der Waals surface area contributed by atoms with Crippen molar-refractivity contribution in [2.24, 2.45) is 17.8 Å². The molecule has 5 aliphatic rings. The average Bonchev–Trinajstić information content (AvgIpc) is 2.83. The largest absolute Gasteiger partial charge is 0.495 e. The molecule has 2 aromatic rings. The number of aromatic nitrogens is 2. The molecule has 4 saturated carbocycles. The first-order chi connectivity index (χ1) is 17.6. The maximum absolute atomic E-state index is 13.0. The summed E-state index contributed by atoms with van der Waals surface area (Å²) in [6.45, 7) is 2.12. The van der Waals surface area contributed by atoms with Crippen LogP contribution in [0.25, 0.3) is 0 Å². The van der Waals surface area contributed by atoms with Crippen molar-refractivity contribution in [2.45, 2.75) is 68.7 Å². The molecule has 10 heteroatoms. The van der Waals surface area contributed by atoms with E-state index in [4.69, 9.17) is 16.3 Å². The Bertz CT molecular complexity index is 1150. The molecule has 7 rings (SSSR count). The van der Waals surface area contributed by atoms with Crippen molar-refractivity contribution in [1.29, 1.82) is 0 Å². The zero-order valence-electron chi connectivity index (χ0n) is 20.8. The van der Waals surface area contributed by atoms with Gasteiger partial charge in [0.15, 0.2) is 0 Å². The summed E-state index contributed by atoms with van der Waals surface area (Å²) in [6.07, 6.45) is 3.73. The van der Waals surface area contributed by atoms with Crippen molar-refractivity contribution in [1.82, 2.24) is 14.9 Å². The van der Waals surface area contributed by atoms with Gasteiger partial charge in [0.05, 0.1) is 18.4 Å². The molecule has 4 bridgehead atoms. The Kier molecular flexibility index (Phi) is 6.31. The molecular weight excluding hydrogens is 505 g/mol. The number of nitrogens with zero attached hydrogens (tertiary/aromatic N) is 3. The topological polar surface area (TPSA) is 70.5 Å². The number of rotatable bonds is 5. The first kappa shape index (κ1) is 25.2. The molecule has 5 fully saturated rings. The summed E-state index contributed by atoms with van der Waals surface area (Å²) >= 11 is 5.74. The van der Waals surface area contributed by atoms with Crippen LogP contribution in [0.4, 0.5) is 24.8 Å². The van der Waals surface area contributed by atoms with Crippen LogP contribution in [0.15, 0.2) is 24.4 Å². The van der Waals surface area contributed by atoms with E-state index in [2.05, 4.69) is 20.2 Å². The van der Waals surface area contributed by atoms with Crippen molar-refractivity contribution < 1.29 is 23.0 Å². The maximum Gasteiger partial charge on any atom is 0.420 e. The van der Waals surface area contributed by atoms with E-state index in [1.165, 1.54) is 18.4 Å². The van der Waals surface area contributed by atoms with Crippen molar-refractivity contribution in [3.8, 4) is 5.75 Å². The fraction of sp³-hybridized carbons (Fsp3) is 0.630. The third-order valence-corrected chi connectivity index (χ3v) is 9.42. The van der Waals surface area contributed by atoms with Crippen molar-refractivity contribution in [2.75, 3.05) is 25.5 Å². The standard InChI is InChI=1S/C27H32ClF3N4O2/c1-37-22-10-17(2-3-21(22)33-25-32-14-20(24(28)34-25)27(29,30)31)16-4-6-35(7-5-16)23-18-8-15-9-19(23)13-26(36,11-15)12-18/h2-3,10,14-16,18-19,23,36H,4-9,11-13H2,1H3,(H,32,33,34)/t15?,18?,19?,23-,26+. The number of methoxy groups -OCH3 is 1. The highest BCUT2D eigenvalue weighted by Gasteiger charge is 2.56. The Hall–Kier alpha value is -2.10. The molecule has 1 saturated heterocycles. The van der Waals surface area contributed by atoms with Gasteiger partial charge in [0.1, 0.15) is 16.5 Å². The van der Waals surface area contributed by atoms with Gasteiger partial charge < -0.3 is 15.2 Å². The normalized spacial score (nSPS) is 32.1. The van der Waals surface area contributed by atoms with Gasteiger partial charge >= 0.3 is 6.18 Å². The molecule has 1 aromatic heterocycles. The lowest BCUT2D eigenvalue weighted by Crippen LogP contribution is -2.62. The molecule has 2 heterocycles. The molecule has 37 heavy (non-hydrogen) atoms. The Labute approximate surface area is 219 Å². The number of likely N-dealkylation sites (tertiary alicyclic amines) is 1. The molecule has 0 spiro atoms. The third kappa shape index (κ3) is 4.79. The second-order valence-corrected chi connectivity index (χ2v) is 11.8. The summed E-state index contributed by atoms with van der Waals surface area (Å²) < 4.78 is 44.4. The summed E-state index contributed by atoms with van der Waals surface area (Å²) in [5.41, 5.74) is 0.283. The van der Waals surface area contributed by atoms with Crippen LogP contribution in [0.1, 0.15) is 62.0 Å². The molecule has 1 aliphatic heterocycles. The van der Waals surface area contributed by atoms with Gasteiger partial charge in [-0.25, -0.2) is 9.97 Å². The molecule has 0 radical (unpaired) electrons. The second-order valence-electron chi connectivity index (χ2n) is 11.5. The van der Waals surface area contributed by atoms with Crippen LogP contribution in [0.5, 0.6) is 5.75 Å². The van der Waals surface area contributed by atoms with Crippen molar-refractivity contribution in [3.63, 3.8) is 0 Å². The quantitative estimate of drug-likeness (QED) is 0.455. The number of hydrogen-bond acceptors (Lipinski definition) is 6. The number of anilines is 2. The number of benzene rings is 1. The minimum Gasteiger partial charge on any atom is -0.495 e. The third-order valence-electron chi connectivity index (χ3n) is 9.13. The first-order valence-corrected chi connectivity index (χ1v) is 13.5. The van der Waals surface area contributed by atoms with Gasteiger partial charge in [-0.1, -0.05) is 17.7 Å². The van der Waals surface area contributed by atoms with Crippen LogP contribution >= 0.6 is 11.6 Å². The predicted molar refractivity (Wildman–Crippen MR) is 134 cm³/mol. The Morgan fingerprint density at radius 1 is 1.14 bits per heavy atom. The van der Waals surface area contributed by atoms with E-state index in [0.717, 1.165) is 51.1 Å². The van der Waals surface area contributed by atoms with Gasteiger partial charge in [-0.15, -0.1) is 0 Å². The number of alkyl halides is 3. The van der Waals surface area contributed by atoms with Gasteiger partial charge in [0.25, 0.3) is 0 Å². The second kappa shape index (κ2) is 9.27. The van der Waals surface area contributed by atoms with E-state index >= 15 is 0 Å². The Morgan fingerprint density at radius 3 is 2.43 bits per heavy atom. The van der Waals surface area contributed by atoms with E-state index in [-0.39, 0.29) is 5.95 Å². The molecular formula is C27H32ClF3N4O2. The van der Waals surface area contributed by atoms with Crippen LogP contribution in [-0.4, -0.2) is 51.8 Å². The average molecular weight is 537 g/mol. The molecule has 1 aromatic carbocycles. The highest BCUT2D eigenvalue weighted by molar-refractivity contribution is 6.30. The molecule has 2 atom stereocenters. The number of ether oxygens (including phenoxy) is 1. The zero-order chi connectivity index (χ0) is 25.9. The van der Waals surface area contributed by atoms with E-state index in [1.807, 2.05) is 18.2 Å². The van der Waals surface area contributed by atoms with Crippen molar-refractivity contribution in [3.05, 3.63) is 40.7 Å². The fourth-order valence-corrected chi connectivity index (χ4v) is 8.11. The van der Waals surface area contributed by atoms with E-state index < -0.39 is 22.5 Å². The SMILES string of the molecule is COc1cc(C2CCN([C@H]3C4CC5CC3C[C@@](O)(C5)C4)CC2)ccc1Nc1ncc(C(F)(F)F)c(Cl)n1. The highest BCUT2D eigenvalue weighted by Crippen LogP contribution is 2.57. The first-order valence-electron chi connectivity index (χ1n) is 13.1. The minimum absolute atomic E-state index is 0.0299. The van der Waals surface area contributed by atoms with Crippen LogP contribution in [-0.2, 0) is 6.18 Å². The number of nitrogens with one attached hydrogen (secondary N) is 1. The number of piperidine rings is 1. The Morgan fingerprint density at radius 2 is 1.84 bits per heavy atom. The maximum atomic E-state index is 13.0. The summed E-state index contributed by atoms with van der Waals surface area (Å²) in [7, 11) is 1.56. The Balaban J connectivity index is 1.11. The fourth-order valence-electron chi connectivity index (χ4n) is 7.88. The van der Waals surface area contributed by atoms with Gasteiger partial charge in [-0.05, 0) is 99.4 Å². The van der Waals surface area contributed by atoms with E-state index in [0.29, 0.717) is 41.4 Å². The number of hydrogen-bond donors (Lipinski definition) is 2. The predicted octanol–water partition coefficient (Wildman–Crippen LogP) is 6.02. The smallest absolute Gasteiger partial charge is 0.420 e. The van der Waals surface area contributed by atoms with Gasteiger partial charge in [-0.3, -0.25) is 4.90 Å². The zero-order valence-corrected chi connectivity index (χ0v) is 21.5. The molecule has 0 amide bonds. The summed E-state index contributed by atoms with van der Waals surface area (Å²) in [5, 5.41) is 13.2. The molecule has 2 N–H and O–H groups in total. The van der Waals surface area contributed by atoms with Crippen LogP contribution in [0.2, 0.25) is 5.15 Å². The van der Waals surface area contributed by atoms with Gasteiger partial charge in [0.2, 0.25) is 5.95 Å². The molecule has 4 aliphatic carbocycles.